The number of hydrogen-bond donors (Lipinski definition) is 0. The molecule has 1 aromatic heterocycles. The van der Waals surface area contributed by atoms with Gasteiger partial charge < -0.3 is 9.32 Å². The first kappa shape index (κ1) is 22.3. The number of rotatable bonds is 5. The molecule has 1 saturated heterocycles. The van der Waals surface area contributed by atoms with Gasteiger partial charge in [-0.3, -0.25) is 9.59 Å². The van der Waals surface area contributed by atoms with Crippen molar-refractivity contribution < 1.29 is 17.6 Å². The van der Waals surface area contributed by atoms with Gasteiger partial charge in [-0.15, -0.1) is 0 Å². The van der Waals surface area contributed by atoms with Gasteiger partial charge in [0.05, 0.1) is 16.9 Å². The van der Waals surface area contributed by atoms with Crippen LogP contribution in [-0.2, 0) is 22.8 Å². The summed E-state index contributed by atoms with van der Waals surface area (Å²) in [5.41, 5.74) is 3.90. The number of nitrogens with zero attached hydrogens (tertiary/aromatic N) is 1. The topological polar surface area (TPSA) is 84.7 Å². The molecule has 0 bridgehead atoms. The Kier molecular flexibility index (Phi) is 5.95. The van der Waals surface area contributed by atoms with Crippen molar-refractivity contribution in [3.63, 3.8) is 0 Å². The third kappa shape index (κ3) is 4.48. The number of sulfone groups is 1. The van der Waals surface area contributed by atoms with Crippen molar-refractivity contribution in [1.29, 1.82) is 0 Å². The van der Waals surface area contributed by atoms with Gasteiger partial charge in [0.1, 0.15) is 5.58 Å². The second-order valence-corrected chi connectivity index (χ2v) is 10.8. The van der Waals surface area contributed by atoms with Gasteiger partial charge in [0.2, 0.25) is 0 Å². The Morgan fingerprint density at radius 2 is 1.78 bits per heavy atom. The first-order chi connectivity index (χ1) is 15.2. The van der Waals surface area contributed by atoms with Gasteiger partial charge >= 0.3 is 0 Å². The van der Waals surface area contributed by atoms with Crippen molar-refractivity contribution in [2.75, 3.05) is 11.5 Å². The number of aryl methyl sites for hydroxylation is 3. The van der Waals surface area contributed by atoms with Crippen molar-refractivity contribution in [1.82, 2.24) is 4.90 Å². The molecule has 4 rings (SSSR count). The standard InChI is InChI=1S/C25H27NO5S/c1-4-18-5-7-19(8-6-18)14-26(20-9-10-32(29,30)15-20)25(28)23-13-22(27)21-12-16(2)11-17(3)24(21)31-23/h5-8,11-13,20H,4,9-10,14-15H2,1-3H3/t20-/m1/s1. The van der Waals surface area contributed by atoms with E-state index in [1.165, 1.54) is 11.6 Å². The Morgan fingerprint density at radius 3 is 2.41 bits per heavy atom. The van der Waals surface area contributed by atoms with E-state index in [2.05, 4.69) is 6.92 Å². The van der Waals surface area contributed by atoms with Crippen LogP contribution < -0.4 is 5.43 Å². The van der Waals surface area contributed by atoms with E-state index in [1.807, 2.05) is 44.2 Å². The summed E-state index contributed by atoms with van der Waals surface area (Å²) in [6.45, 7) is 6.05. The lowest BCUT2D eigenvalue weighted by Gasteiger charge is -2.28. The highest BCUT2D eigenvalue weighted by Gasteiger charge is 2.36. The van der Waals surface area contributed by atoms with Crippen LogP contribution >= 0.6 is 0 Å². The van der Waals surface area contributed by atoms with Gasteiger partial charge in [-0.25, -0.2) is 8.42 Å². The molecular weight excluding hydrogens is 426 g/mol. The number of hydrogen-bond acceptors (Lipinski definition) is 5. The van der Waals surface area contributed by atoms with Crippen LogP contribution in [-0.4, -0.2) is 36.8 Å². The smallest absolute Gasteiger partial charge is 0.290 e. The molecule has 2 aromatic carbocycles. The predicted octanol–water partition coefficient (Wildman–Crippen LogP) is 3.80. The summed E-state index contributed by atoms with van der Waals surface area (Å²) in [6.07, 6.45) is 1.28. The summed E-state index contributed by atoms with van der Waals surface area (Å²) in [5.74, 6) is -0.562. The number of carbonyl (C=O) groups is 1. The second kappa shape index (κ2) is 8.54. The Morgan fingerprint density at radius 1 is 1.09 bits per heavy atom. The van der Waals surface area contributed by atoms with Gasteiger partial charge in [-0.1, -0.05) is 37.3 Å². The molecule has 6 nitrogen and oxygen atoms in total. The van der Waals surface area contributed by atoms with E-state index >= 15 is 0 Å². The van der Waals surface area contributed by atoms with Crippen molar-refractivity contribution in [2.24, 2.45) is 0 Å². The third-order valence-corrected chi connectivity index (χ3v) is 7.81. The zero-order chi connectivity index (χ0) is 23.0. The van der Waals surface area contributed by atoms with Crippen molar-refractivity contribution in [3.05, 3.63) is 80.7 Å². The summed E-state index contributed by atoms with van der Waals surface area (Å²) in [5, 5.41) is 0.434. The monoisotopic (exact) mass is 453 g/mol. The van der Waals surface area contributed by atoms with Gasteiger partial charge in [-0.2, -0.15) is 0 Å². The maximum Gasteiger partial charge on any atom is 0.290 e. The van der Waals surface area contributed by atoms with E-state index in [0.29, 0.717) is 17.4 Å². The summed E-state index contributed by atoms with van der Waals surface area (Å²) in [4.78, 5) is 27.8. The normalized spacial score (nSPS) is 17.5. The molecule has 1 amide bonds. The minimum Gasteiger partial charge on any atom is -0.450 e. The zero-order valence-corrected chi connectivity index (χ0v) is 19.4. The van der Waals surface area contributed by atoms with Crippen LogP contribution in [0.25, 0.3) is 11.0 Å². The van der Waals surface area contributed by atoms with Crippen LogP contribution in [0, 0.1) is 13.8 Å². The molecule has 0 spiro atoms. The molecule has 168 valence electrons. The molecular formula is C25H27NO5S. The molecule has 32 heavy (non-hydrogen) atoms. The van der Waals surface area contributed by atoms with Crippen LogP contribution in [0.2, 0.25) is 0 Å². The van der Waals surface area contributed by atoms with Crippen molar-refractivity contribution >= 4 is 26.7 Å². The van der Waals surface area contributed by atoms with E-state index in [1.54, 1.807) is 11.0 Å². The summed E-state index contributed by atoms with van der Waals surface area (Å²) >= 11 is 0. The Bertz CT molecular complexity index is 1340. The third-order valence-electron chi connectivity index (χ3n) is 6.06. The molecule has 3 aromatic rings. The average Bonchev–Trinajstić information content (AvgIpc) is 3.12. The minimum absolute atomic E-state index is 0.0519. The lowest BCUT2D eigenvalue weighted by molar-refractivity contribution is 0.0648. The molecule has 0 radical (unpaired) electrons. The highest BCUT2D eigenvalue weighted by Crippen LogP contribution is 2.25. The fourth-order valence-electron chi connectivity index (χ4n) is 4.32. The predicted molar refractivity (Wildman–Crippen MR) is 125 cm³/mol. The van der Waals surface area contributed by atoms with Crippen LogP contribution in [0.4, 0.5) is 0 Å². The SMILES string of the molecule is CCc1ccc(CN(C(=O)c2cc(=O)c3cc(C)cc(C)c3o2)[C@@H]2CCS(=O)(=O)C2)cc1. The fourth-order valence-corrected chi connectivity index (χ4v) is 6.05. The van der Waals surface area contributed by atoms with E-state index < -0.39 is 21.8 Å². The second-order valence-electron chi connectivity index (χ2n) is 8.59. The quantitative estimate of drug-likeness (QED) is 0.587. The highest BCUT2D eigenvalue weighted by atomic mass is 32.2. The summed E-state index contributed by atoms with van der Waals surface area (Å²) < 4.78 is 30.2. The Balaban J connectivity index is 1.74. The first-order valence-electron chi connectivity index (χ1n) is 10.8. The maximum atomic E-state index is 13.5. The first-order valence-corrected chi connectivity index (χ1v) is 12.6. The largest absolute Gasteiger partial charge is 0.450 e. The van der Waals surface area contributed by atoms with Crippen LogP contribution in [0.15, 0.2) is 51.7 Å². The molecule has 2 heterocycles. The molecule has 1 aliphatic rings. The molecule has 0 saturated carbocycles. The van der Waals surface area contributed by atoms with Crippen molar-refractivity contribution in [2.45, 2.75) is 46.2 Å². The maximum absolute atomic E-state index is 13.5. The van der Waals surface area contributed by atoms with Gasteiger partial charge in [-0.05, 0) is 55.0 Å². The molecule has 1 fully saturated rings. The van der Waals surface area contributed by atoms with E-state index in [9.17, 15) is 18.0 Å². The molecule has 0 unspecified atom stereocenters. The van der Waals surface area contributed by atoms with Gasteiger partial charge in [0.15, 0.2) is 21.0 Å². The number of fused-ring (bicyclic) bond motifs is 1. The van der Waals surface area contributed by atoms with E-state index in [0.717, 1.165) is 23.1 Å². The lowest BCUT2D eigenvalue weighted by atomic mass is 10.1. The number of carbonyl (C=O) groups excluding carboxylic acids is 1. The van der Waals surface area contributed by atoms with Gasteiger partial charge in [0, 0.05) is 18.7 Å². The fraction of sp³-hybridized carbons (Fsp3) is 0.360. The Labute approximate surface area is 187 Å². The molecule has 0 aliphatic carbocycles. The Hall–Kier alpha value is -2.93. The highest BCUT2D eigenvalue weighted by molar-refractivity contribution is 7.91. The lowest BCUT2D eigenvalue weighted by Crippen LogP contribution is -2.41. The number of amides is 1. The zero-order valence-electron chi connectivity index (χ0n) is 18.6. The van der Waals surface area contributed by atoms with Crippen LogP contribution in [0.1, 0.15) is 46.2 Å². The summed E-state index contributed by atoms with van der Waals surface area (Å²) in [6, 6.07) is 12.3. The molecule has 0 N–H and O–H groups in total. The number of benzene rings is 2. The molecule has 1 aliphatic heterocycles. The van der Waals surface area contributed by atoms with Crippen LogP contribution in [0.3, 0.4) is 0 Å². The average molecular weight is 454 g/mol. The van der Waals surface area contributed by atoms with E-state index in [-0.39, 0.29) is 29.2 Å². The van der Waals surface area contributed by atoms with Crippen molar-refractivity contribution in [3.8, 4) is 0 Å². The molecule has 7 heteroatoms. The summed E-state index contributed by atoms with van der Waals surface area (Å²) in [7, 11) is -3.20. The van der Waals surface area contributed by atoms with Gasteiger partial charge in [0.25, 0.3) is 5.91 Å². The molecule has 1 atom stereocenters. The van der Waals surface area contributed by atoms with Crippen LogP contribution in [0.5, 0.6) is 0 Å². The minimum atomic E-state index is -3.20. The van der Waals surface area contributed by atoms with E-state index in [4.69, 9.17) is 4.42 Å².